The summed E-state index contributed by atoms with van der Waals surface area (Å²) in [5.41, 5.74) is 0.850. The van der Waals surface area contributed by atoms with Crippen LogP contribution in [-0.2, 0) is 19.1 Å². The molecular weight excluding hydrogens is 282 g/mol. The molecule has 2 rings (SSSR count). The van der Waals surface area contributed by atoms with Gasteiger partial charge in [0, 0.05) is 20.2 Å². The molecule has 0 N–H and O–H groups in total. The Morgan fingerprint density at radius 2 is 1.86 bits per heavy atom. The Morgan fingerprint density at radius 3 is 2.41 bits per heavy atom. The molecule has 0 aromatic heterocycles. The van der Waals surface area contributed by atoms with E-state index in [0.29, 0.717) is 32.5 Å². The second-order valence-corrected chi connectivity index (χ2v) is 5.38. The summed E-state index contributed by atoms with van der Waals surface area (Å²) in [6.07, 6.45) is 0.714. The molecule has 1 aliphatic rings. The summed E-state index contributed by atoms with van der Waals surface area (Å²) in [4.78, 5) is 26.1. The number of likely N-dealkylation sites (tertiary alicyclic amines) is 1. The van der Waals surface area contributed by atoms with Crippen LogP contribution in [0.2, 0.25) is 0 Å². The van der Waals surface area contributed by atoms with E-state index in [2.05, 4.69) is 0 Å². The van der Waals surface area contributed by atoms with Crippen LogP contribution in [0.4, 0.5) is 0 Å². The Kier molecular flexibility index (Phi) is 5.95. The smallest absolute Gasteiger partial charge is 0.309 e. The van der Waals surface area contributed by atoms with Crippen LogP contribution in [0.25, 0.3) is 0 Å². The highest BCUT2D eigenvalue weighted by molar-refractivity contribution is 5.82. The van der Waals surface area contributed by atoms with E-state index in [1.165, 1.54) is 0 Å². The predicted octanol–water partition coefficient (Wildman–Crippen LogP) is 2.18. The maximum Gasteiger partial charge on any atom is 0.309 e. The lowest BCUT2D eigenvalue weighted by Crippen LogP contribution is -2.43. The highest BCUT2D eigenvalue weighted by Crippen LogP contribution is 2.24. The quantitative estimate of drug-likeness (QED) is 0.782. The van der Waals surface area contributed by atoms with Crippen molar-refractivity contribution in [2.75, 3.05) is 26.8 Å². The zero-order valence-electron chi connectivity index (χ0n) is 13.2. The second kappa shape index (κ2) is 7.94. The van der Waals surface area contributed by atoms with E-state index in [4.69, 9.17) is 9.47 Å². The maximum absolute atomic E-state index is 12.6. The number of ether oxygens (including phenoxy) is 2. The second-order valence-electron chi connectivity index (χ2n) is 5.38. The van der Waals surface area contributed by atoms with Gasteiger partial charge in [0.15, 0.2) is 6.10 Å². The van der Waals surface area contributed by atoms with Gasteiger partial charge in [-0.1, -0.05) is 30.3 Å². The van der Waals surface area contributed by atoms with Crippen LogP contribution in [0.15, 0.2) is 30.3 Å². The Hall–Kier alpha value is -1.88. The zero-order valence-corrected chi connectivity index (χ0v) is 13.2. The number of rotatable bonds is 5. The largest absolute Gasteiger partial charge is 0.466 e. The SMILES string of the molecule is CCOC(=O)C1CCN(C(=O)C(OC)c2ccccc2)CC1. The Labute approximate surface area is 131 Å². The van der Waals surface area contributed by atoms with Crippen molar-refractivity contribution in [2.24, 2.45) is 5.92 Å². The molecular formula is C17H23NO4. The number of nitrogens with zero attached hydrogens (tertiary/aromatic N) is 1. The summed E-state index contributed by atoms with van der Waals surface area (Å²) in [6, 6.07) is 9.46. The van der Waals surface area contributed by atoms with Crippen LogP contribution < -0.4 is 0 Å². The van der Waals surface area contributed by atoms with Gasteiger partial charge in [0.1, 0.15) is 0 Å². The van der Waals surface area contributed by atoms with Crippen molar-refractivity contribution in [2.45, 2.75) is 25.9 Å². The number of hydrogen-bond acceptors (Lipinski definition) is 4. The van der Waals surface area contributed by atoms with E-state index in [0.717, 1.165) is 5.56 Å². The molecule has 1 atom stereocenters. The predicted molar refractivity (Wildman–Crippen MR) is 82.1 cm³/mol. The van der Waals surface area contributed by atoms with Gasteiger partial charge in [-0.05, 0) is 25.3 Å². The van der Waals surface area contributed by atoms with E-state index in [9.17, 15) is 9.59 Å². The van der Waals surface area contributed by atoms with Gasteiger partial charge in [-0.15, -0.1) is 0 Å². The van der Waals surface area contributed by atoms with Gasteiger partial charge in [0.25, 0.3) is 5.91 Å². The lowest BCUT2D eigenvalue weighted by atomic mass is 9.96. The Balaban J connectivity index is 1.95. The molecule has 0 saturated carbocycles. The fraction of sp³-hybridized carbons (Fsp3) is 0.529. The van der Waals surface area contributed by atoms with Gasteiger partial charge >= 0.3 is 5.97 Å². The average molecular weight is 305 g/mol. The minimum Gasteiger partial charge on any atom is -0.466 e. The first-order valence-corrected chi connectivity index (χ1v) is 7.70. The van der Waals surface area contributed by atoms with Crippen LogP contribution in [0, 0.1) is 5.92 Å². The van der Waals surface area contributed by atoms with E-state index in [-0.39, 0.29) is 17.8 Å². The van der Waals surface area contributed by atoms with Crippen molar-refractivity contribution in [1.29, 1.82) is 0 Å². The highest BCUT2D eigenvalue weighted by atomic mass is 16.5. The molecule has 1 heterocycles. The molecule has 1 saturated heterocycles. The summed E-state index contributed by atoms with van der Waals surface area (Å²) in [6.45, 7) is 3.33. The molecule has 0 radical (unpaired) electrons. The number of amides is 1. The van der Waals surface area contributed by atoms with Crippen molar-refractivity contribution < 1.29 is 19.1 Å². The van der Waals surface area contributed by atoms with Gasteiger partial charge in [-0.25, -0.2) is 0 Å². The van der Waals surface area contributed by atoms with Crippen LogP contribution in [0.5, 0.6) is 0 Å². The lowest BCUT2D eigenvalue weighted by molar-refractivity contribution is -0.153. The normalized spacial score (nSPS) is 17.1. The molecule has 0 aliphatic carbocycles. The first-order chi connectivity index (χ1) is 10.7. The molecule has 120 valence electrons. The molecule has 22 heavy (non-hydrogen) atoms. The number of carbonyl (C=O) groups is 2. The minimum absolute atomic E-state index is 0.0454. The summed E-state index contributed by atoms with van der Waals surface area (Å²) in [5.74, 6) is -0.293. The van der Waals surface area contributed by atoms with Crippen LogP contribution in [0.1, 0.15) is 31.4 Å². The third-order valence-corrected chi connectivity index (χ3v) is 3.99. The molecule has 5 nitrogen and oxygen atoms in total. The summed E-state index contributed by atoms with van der Waals surface area (Å²) >= 11 is 0. The molecule has 1 aromatic rings. The van der Waals surface area contributed by atoms with E-state index < -0.39 is 6.10 Å². The first kappa shape index (κ1) is 16.5. The number of methoxy groups -OCH3 is 1. The molecule has 5 heteroatoms. The van der Waals surface area contributed by atoms with Crippen molar-refractivity contribution >= 4 is 11.9 Å². The zero-order chi connectivity index (χ0) is 15.9. The first-order valence-electron chi connectivity index (χ1n) is 7.70. The summed E-state index contributed by atoms with van der Waals surface area (Å²) in [5, 5.41) is 0. The number of piperidine rings is 1. The topological polar surface area (TPSA) is 55.8 Å². The van der Waals surface area contributed by atoms with Gasteiger partial charge in [-0.3, -0.25) is 9.59 Å². The third-order valence-electron chi connectivity index (χ3n) is 3.99. The molecule has 1 unspecified atom stereocenters. The van der Waals surface area contributed by atoms with Gasteiger partial charge in [0.05, 0.1) is 12.5 Å². The number of hydrogen-bond donors (Lipinski definition) is 0. The summed E-state index contributed by atoms with van der Waals surface area (Å²) in [7, 11) is 1.54. The molecule has 0 spiro atoms. The van der Waals surface area contributed by atoms with Crippen molar-refractivity contribution in [3.05, 3.63) is 35.9 Å². The van der Waals surface area contributed by atoms with Crippen molar-refractivity contribution in [3.8, 4) is 0 Å². The monoisotopic (exact) mass is 305 g/mol. The van der Waals surface area contributed by atoms with E-state index in [1.807, 2.05) is 30.3 Å². The number of benzene rings is 1. The Morgan fingerprint density at radius 1 is 1.23 bits per heavy atom. The van der Waals surface area contributed by atoms with Crippen LogP contribution >= 0.6 is 0 Å². The molecule has 1 fully saturated rings. The van der Waals surface area contributed by atoms with E-state index >= 15 is 0 Å². The minimum atomic E-state index is -0.583. The molecule has 1 aromatic carbocycles. The lowest BCUT2D eigenvalue weighted by Gasteiger charge is -2.33. The van der Waals surface area contributed by atoms with Crippen molar-refractivity contribution in [3.63, 3.8) is 0 Å². The maximum atomic E-state index is 12.6. The Bertz CT molecular complexity index is 495. The molecule has 1 amide bonds. The fourth-order valence-corrected chi connectivity index (χ4v) is 2.77. The number of carbonyl (C=O) groups excluding carboxylic acids is 2. The average Bonchev–Trinajstić information content (AvgIpc) is 2.57. The van der Waals surface area contributed by atoms with E-state index in [1.54, 1.807) is 18.9 Å². The van der Waals surface area contributed by atoms with Crippen LogP contribution in [-0.4, -0.2) is 43.6 Å². The van der Waals surface area contributed by atoms with Gasteiger partial charge in [-0.2, -0.15) is 0 Å². The fourth-order valence-electron chi connectivity index (χ4n) is 2.77. The van der Waals surface area contributed by atoms with Crippen molar-refractivity contribution in [1.82, 2.24) is 4.90 Å². The molecule has 1 aliphatic heterocycles. The number of esters is 1. The van der Waals surface area contributed by atoms with Gasteiger partial charge in [0.2, 0.25) is 0 Å². The summed E-state index contributed by atoms with van der Waals surface area (Å²) < 4.78 is 10.4. The third kappa shape index (κ3) is 3.85. The standard InChI is InChI=1S/C17H23NO4/c1-3-22-17(20)14-9-11-18(12-10-14)16(19)15(21-2)13-7-5-4-6-8-13/h4-8,14-15H,3,9-12H2,1-2H3. The highest BCUT2D eigenvalue weighted by Gasteiger charge is 2.32. The molecule has 0 bridgehead atoms. The van der Waals surface area contributed by atoms with Gasteiger partial charge < -0.3 is 14.4 Å². The van der Waals surface area contributed by atoms with Crippen LogP contribution in [0.3, 0.4) is 0 Å².